The molecule has 2 heterocycles. The zero-order valence-corrected chi connectivity index (χ0v) is 44.0. The Labute approximate surface area is 439 Å². The lowest BCUT2D eigenvalue weighted by Crippen LogP contribution is -2.22. The third-order valence-electron chi connectivity index (χ3n) is 12.2. The molecule has 0 amide bonds. The molecule has 2 aromatic heterocycles. The minimum atomic E-state index is -1.02. The summed E-state index contributed by atoms with van der Waals surface area (Å²) in [6.45, 7) is 11.2. The molecule has 71 heavy (non-hydrogen) atoms. The summed E-state index contributed by atoms with van der Waals surface area (Å²) < 4.78 is 10.8. The van der Waals surface area contributed by atoms with Crippen molar-refractivity contribution in [1.29, 1.82) is 0 Å². The quantitative estimate of drug-likeness (QED) is 0.0918. The number of rotatable bonds is 18. The number of anilines is 2. The summed E-state index contributed by atoms with van der Waals surface area (Å²) >= 11 is 27.2. The Morgan fingerprint density at radius 1 is 0.465 bits per heavy atom. The number of nitrogens with zero attached hydrogens (tertiary/aromatic N) is 4. The van der Waals surface area contributed by atoms with Crippen LogP contribution in [0.15, 0.2) is 170 Å². The van der Waals surface area contributed by atoms with Gasteiger partial charge in [-0.3, -0.25) is 0 Å². The molecule has 1 unspecified atom stereocenters. The van der Waals surface area contributed by atoms with E-state index in [1.165, 1.54) is 22.3 Å². The van der Waals surface area contributed by atoms with Crippen molar-refractivity contribution in [2.75, 3.05) is 24.0 Å². The van der Waals surface area contributed by atoms with Gasteiger partial charge in [0, 0.05) is 88.7 Å². The van der Waals surface area contributed by atoms with Crippen LogP contribution in [0.2, 0.25) is 20.1 Å². The Kier molecular flexibility index (Phi) is 18.8. The van der Waals surface area contributed by atoms with Gasteiger partial charge in [0.2, 0.25) is 11.8 Å². The molecule has 0 saturated carbocycles. The molecule has 0 saturated heterocycles. The lowest BCUT2D eigenvalue weighted by molar-refractivity contribution is 0.219. The van der Waals surface area contributed by atoms with E-state index in [0.717, 1.165) is 46.7 Å². The van der Waals surface area contributed by atoms with Crippen LogP contribution in [0.25, 0.3) is 0 Å². The second-order valence-corrected chi connectivity index (χ2v) is 19.7. The van der Waals surface area contributed by atoms with Crippen molar-refractivity contribution in [2.24, 2.45) is 0 Å². The fraction of sp³-hybridized carbons (Fsp3) is 0.233. The van der Waals surface area contributed by atoms with Crippen molar-refractivity contribution in [1.82, 2.24) is 9.97 Å². The van der Waals surface area contributed by atoms with Gasteiger partial charge in [0.05, 0.1) is 24.3 Å². The summed E-state index contributed by atoms with van der Waals surface area (Å²) in [6.07, 6.45) is 3.02. The summed E-state index contributed by atoms with van der Waals surface area (Å²) in [5.41, 5.74) is 11.7. The Balaban J connectivity index is 0.000000209. The molecular weight excluding hydrogens is 966 g/mol. The molecule has 6 aromatic carbocycles. The third kappa shape index (κ3) is 14.1. The van der Waals surface area contributed by atoms with Gasteiger partial charge in [0.15, 0.2) is 0 Å². The maximum atomic E-state index is 11.3. The van der Waals surface area contributed by atoms with Gasteiger partial charge in [0.25, 0.3) is 0 Å². The molecule has 8 rings (SSSR count). The summed E-state index contributed by atoms with van der Waals surface area (Å²) in [5, 5.41) is 13.4. The highest BCUT2D eigenvalue weighted by Gasteiger charge is 2.23. The first-order chi connectivity index (χ1) is 34.3. The van der Waals surface area contributed by atoms with Gasteiger partial charge >= 0.3 is 0 Å². The maximum Gasteiger partial charge on any atom is 0.216 e. The Bertz CT molecular complexity index is 2830. The highest BCUT2D eigenvalue weighted by molar-refractivity contribution is 6.37. The van der Waals surface area contributed by atoms with Crippen molar-refractivity contribution in [2.45, 2.75) is 78.2 Å². The summed E-state index contributed by atoms with van der Waals surface area (Å²) in [7, 11) is 3.24. The van der Waals surface area contributed by atoms with Crippen LogP contribution >= 0.6 is 46.4 Å². The molecular formula is C60H60Cl4N4O3. The SMILES string of the molecule is COc1ncc(C(O)c2c(Cl)cc(N(Cc3ccccc3)Cc3ccccc3)cc2Cl)cc1C(C)C.COc1ncc(Cc2c(Cl)cc(N(Cc3ccccc3)Cc3ccccc3)cc2Cl)cc1C(C)C. The molecule has 0 fully saturated rings. The van der Waals surface area contributed by atoms with Gasteiger partial charge in [-0.2, -0.15) is 0 Å². The lowest BCUT2D eigenvalue weighted by Gasteiger charge is -2.27. The number of benzene rings is 6. The fourth-order valence-corrected chi connectivity index (χ4v) is 9.73. The number of aliphatic hydroxyl groups is 1. The van der Waals surface area contributed by atoms with Gasteiger partial charge in [-0.1, -0.05) is 195 Å². The first-order valence-corrected chi connectivity index (χ1v) is 25.2. The van der Waals surface area contributed by atoms with Crippen LogP contribution in [0, 0.1) is 0 Å². The van der Waals surface area contributed by atoms with Crippen LogP contribution in [-0.2, 0) is 32.6 Å². The summed E-state index contributed by atoms with van der Waals surface area (Å²) in [4.78, 5) is 13.4. The number of aromatic nitrogens is 2. The third-order valence-corrected chi connectivity index (χ3v) is 13.5. The minimum Gasteiger partial charge on any atom is -0.481 e. The van der Waals surface area contributed by atoms with E-state index in [1.807, 2.05) is 85.1 Å². The number of halogens is 4. The van der Waals surface area contributed by atoms with Gasteiger partial charge < -0.3 is 24.4 Å². The minimum absolute atomic E-state index is 0.178. The second-order valence-electron chi connectivity index (χ2n) is 18.1. The molecule has 0 spiro atoms. The molecule has 11 heteroatoms. The van der Waals surface area contributed by atoms with Crippen LogP contribution in [0.4, 0.5) is 11.4 Å². The van der Waals surface area contributed by atoms with Gasteiger partial charge in [-0.25, -0.2) is 9.97 Å². The second kappa shape index (κ2) is 25.4. The summed E-state index contributed by atoms with van der Waals surface area (Å²) in [5.74, 6) is 1.69. The smallest absolute Gasteiger partial charge is 0.216 e. The van der Waals surface area contributed by atoms with E-state index in [9.17, 15) is 5.11 Å². The highest BCUT2D eigenvalue weighted by atomic mass is 35.5. The highest BCUT2D eigenvalue weighted by Crippen LogP contribution is 2.40. The molecule has 7 nitrogen and oxygen atoms in total. The first kappa shape index (κ1) is 52.8. The summed E-state index contributed by atoms with van der Waals surface area (Å²) in [6, 6.07) is 53.2. The van der Waals surface area contributed by atoms with Crippen LogP contribution in [0.3, 0.4) is 0 Å². The first-order valence-electron chi connectivity index (χ1n) is 23.7. The van der Waals surface area contributed by atoms with Crippen molar-refractivity contribution >= 4 is 57.8 Å². The maximum absolute atomic E-state index is 11.3. The molecule has 0 aliphatic carbocycles. The topological polar surface area (TPSA) is 71.0 Å². The number of ether oxygens (including phenoxy) is 2. The Morgan fingerprint density at radius 3 is 1.18 bits per heavy atom. The lowest BCUT2D eigenvalue weighted by atomic mass is 9.97. The largest absolute Gasteiger partial charge is 0.481 e. The van der Waals surface area contributed by atoms with Crippen molar-refractivity contribution < 1.29 is 14.6 Å². The van der Waals surface area contributed by atoms with E-state index in [-0.39, 0.29) is 5.92 Å². The zero-order chi connectivity index (χ0) is 50.4. The van der Waals surface area contributed by atoms with Crippen LogP contribution in [0.5, 0.6) is 11.8 Å². The van der Waals surface area contributed by atoms with Gasteiger partial charge in [-0.05, 0) is 81.6 Å². The fourth-order valence-electron chi connectivity index (χ4n) is 8.43. The van der Waals surface area contributed by atoms with E-state index in [2.05, 4.69) is 126 Å². The average molecular weight is 1030 g/mol. The molecule has 1 N–H and O–H groups in total. The molecule has 366 valence electrons. The van der Waals surface area contributed by atoms with Crippen molar-refractivity contribution in [3.8, 4) is 11.8 Å². The molecule has 0 aliphatic rings. The standard InChI is InChI=1S/C30H30Cl2N2O2.C30H30Cl2N2O/c1-20(2)25-14-23(17-33-30(25)36-3)29(35)28-26(31)15-24(16-27(28)32)34(18-21-10-6-4-7-11-21)19-22-12-8-5-9-13-22;1-21(2)26-14-24(18-33-30(26)35-3)15-27-28(31)16-25(17-29(27)32)34(19-22-10-6-4-7-11-22)20-23-12-8-5-9-13-23/h4-17,20,29,35H,18-19H2,1-3H3;4-14,16-18,21H,15,19-20H2,1-3H3. The van der Waals surface area contributed by atoms with Crippen molar-refractivity contribution in [3.63, 3.8) is 0 Å². The molecule has 0 bridgehead atoms. The van der Waals surface area contributed by atoms with Crippen LogP contribution in [0.1, 0.15) is 101 Å². The van der Waals surface area contributed by atoms with E-state index in [0.29, 0.717) is 68.4 Å². The predicted octanol–water partition coefficient (Wildman–Crippen LogP) is 16.1. The zero-order valence-electron chi connectivity index (χ0n) is 41.0. The number of methoxy groups -OCH3 is 2. The van der Waals surface area contributed by atoms with E-state index >= 15 is 0 Å². The van der Waals surface area contributed by atoms with E-state index in [1.54, 1.807) is 20.4 Å². The predicted molar refractivity (Wildman–Crippen MR) is 295 cm³/mol. The number of pyridine rings is 2. The van der Waals surface area contributed by atoms with Crippen LogP contribution in [-0.4, -0.2) is 29.3 Å². The molecule has 0 aliphatic heterocycles. The van der Waals surface area contributed by atoms with Gasteiger partial charge in [0.1, 0.15) is 6.10 Å². The number of hydrogen-bond donors (Lipinski definition) is 1. The Morgan fingerprint density at radius 2 is 0.817 bits per heavy atom. The van der Waals surface area contributed by atoms with E-state index < -0.39 is 6.10 Å². The van der Waals surface area contributed by atoms with Crippen molar-refractivity contribution in [3.05, 3.63) is 246 Å². The monoisotopic (exact) mass is 1020 g/mol. The van der Waals surface area contributed by atoms with Gasteiger partial charge in [-0.15, -0.1) is 0 Å². The Hall–Kier alpha value is -6.06. The molecule has 8 aromatic rings. The number of aliphatic hydroxyl groups excluding tert-OH is 1. The molecule has 0 radical (unpaired) electrons. The number of hydrogen-bond acceptors (Lipinski definition) is 7. The molecule has 1 atom stereocenters. The normalized spacial score (nSPS) is 11.5. The average Bonchev–Trinajstić information content (AvgIpc) is 3.37. The van der Waals surface area contributed by atoms with Crippen LogP contribution < -0.4 is 19.3 Å². The van der Waals surface area contributed by atoms with E-state index in [4.69, 9.17) is 55.9 Å².